The fourth-order valence-electron chi connectivity index (χ4n) is 2.13. The summed E-state index contributed by atoms with van der Waals surface area (Å²) in [5, 5.41) is 2.82. The smallest absolute Gasteiger partial charge is 0.291 e. The Kier molecular flexibility index (Phi) is 3.80. The molecule has 1 heterocycles. The highest BCUT2D eigenvalue weighted by Crippen LogP contribution is 2.20. The van der Waals surface area contributed by atoms with Gasteiger partial charge in [-0.05, 0) is 30.3 Å². The first-order valence-electron chi connectivity index (χ1n) is 6.75. The van der Waals surface area contributed by atoms with E-state index in [1.807, 2.05) is 0 Å². The third kappa shape index (κ3) is 3.06. The van der Waals surface area contributed by atoms with Crippen molar-refractivity contribution < 1.29 is 18.3 Å². The molecule has 23 heavy (non-hydrogen) atoms. The third-order valence-electron chi connectivity index (χ3n) is 3.24. The van der Waals surface area contributed by atoms with E-state index in [9.17, 15) is 14.0 Å². The molecule has 1 aromatic heterocycles. The van der Waals surface area contributed by atoms with E-state index in [4.69, 9.17) is 9.15 Å². The van der Waals surface area contributed by atoms with Crippen molar-refractivity contribution in [1.82, 2.24) is 0 Å². The highest BCUT2D eigenvalue weighted by atomic mass is 19.1. The molecule has 116 valence electrons. The Hall–Kier alpha value is -3.15. The summed E-state index contributed by atoms with van der Waals surface area (Å²) in [5.74, 6) is -0.784. The summed E-state index contributed by atoms with van der Waals surface area (Å²) in [6.07, 6.45) is 0. The Bertz CT molecular complexity index is 949. The van der Waals surface area contributed by atoms with Crippen molar-refractivity contribution in [3.63, 3.8) is 0 Å². The molecule has 1 N–H and O–H groups in total. The number of ether oxygens (including phenoxy) is 1. The fraction of sp³-hybridized carbons (Fsp3) is 0.0588. The standard InChI is InChI=1S/C17H12FNO4/c1-22-12-5-6-13-14(20)9-16(23-15(13)8-12)17(21)19-11-4-2-3-10(18)7-11/h2-9H,1H3,(H,19,21). The molecule has 0 bridgehead atoms. The van der Waals surface area contributed by atoms with Crippen molar-refractivity contribution in [1.29, 1.82) is 0 Å². The monoisotopic (exact) mass is 313 g/mol. The molecule has 0 spiro atoms. The largest absolute Gasteiger partial charge is 0.497 e. The maximum absolute atomic E-state index is 13.1. The van der Waals surface area contributed by atoms with Gasteiger partial charge in [0.2, 0.25) is 0 Å². The lowest BCUT2D eigenvalue weighted by Gasteiger charge is -2.06. The van der Waals surface area contributed by atoms with Crippen molar-refractivity contribution in [2.24, 2.45) is 0 Å². The number of nitrogens with one attached hydrogen (secondary N) is 1. The van der Waals surface area contributed by atoms with Gasteiger partial charge in [-0.3, -0.25) is 9.59 Å². The van der Waals surface area contributed by atoms with Gasteiger partial charge in [-0.2, -0.15) is 0 Å². The molecule has 0 aliphatic rings. The van der Waals surface area contributed by atoms with Crippen LogP contribution in [0.1, 0.15) is 10.6 Å². The van der Waals surface area contributed by atoms with E-state index >= 15 is 0 Å². The highest BCUT2D eigenvalue weighted by molar-refractivity contribution is 6.03. The second-order valence-corrected chi connectivity index (χ2v) is 4.80. The number of benzene rings is 2. The average Bonchev–Trinajstić information content (AvgIpc) is 2.54. The molecule has 0 unspecified atom stereocenters. The molecule has 0 fully saturated rings. The van der Waals surface area contributed by atoms with Crippen LogP contribution < -0.4 is 15.5 Å². The average molecular weight is 313 g/mol. The summed E-state index contributed by atoms with van der Waals surface area (Å²) < 4.78 is 23.7. The quantitative estimate of drug-likeness (QED) is 0.806. The molecule has 0 radical (unpaired) electrons. The van der Waals surface area contributed by atoms with Crippen LogP contribution in [0.5, 0.6) is 5.75 Å². The summed E-state index contributed by atoms with van der Waals surface area (Å²) in [7, 11) is 1.49. The zero-order valence-electron chi connectivity index (χ0n) is 12.1. The number of amides is 1. The highest BCUT2D eigenvalue weighted by Gasteiger charge is 2.13. The van der Waals surface area contributed by atoms with Gasteiger partial charge >= 0.3 is 0 Å². The van der Waals surface area contributed by atoms with Gasteiger partial charge in [0.1, 0.15) is 17.1 Å². The van der Waals surface area contributed by atoms with Crippen LogP contribution in [0.25, 0.3) is 11.0 Å². The normalized spacial score (nSPS) is 10.5. The number of methoxy groups -OCH3 is 1. The second-order valence-electron chi connectivity index (χ2n) is 4.80. The third-order valence-corrected chi connectivity index (χ3v) is 3.24. The number of anilines is 1. The van der Waals surface area contributed by atoms with Crippen LogP contribution in [0.15, 0.2) is 57.7 Å². The first-order valence-corrected chi connectivity index (χ1v) is 6.75. The molecule has 5 nitrogen and oxygen atoms in total. The molecule has 3 aromatic rings. The van der Waals surface area contributed by atoms with Gasteiger partial charge in [0.05, 0.1) is 12.5 Å². The minimum Gasteiger partial charge on any atom is -0.497 e. The van der Waals surface area contributed by atoms with Crippen molar-refractivity contribution in [3.05, 3.63) is 70.3 Å². The van der Waals surface area contributed by atoms with E-state index in [-0.39, 0.29) is 22.5 Å². The van der Waals surface area contributed by atoms with E-state index < -0.39 is 11.7 Å². The predicted octanol–water partition coefficient (Wildman–Crippen LogP) is 3.19. The fourth-order valence-corrected chi connectivity index (χ4v) is 2.13. The van der Waals surface area contributed by atoms with Crippen molar-refractivity contribution >= 4 is 22.6 Å². The SMILES string of the molecule is COc1ccc2c(=O)cc(C(=O)Nc3cccc(F)c3)oc2c1. The lowest BCUT2D eigenvalue weighted by atomic mass is 10.2. The predicted molar refractivity (Wildman–Crippen MR) is 83.4 cm³/mol. The van der Waals surface area contributed by atoms with Crippen molar-refractivity contribution in [2.75, 3.05) is 12.4 Å². The number of carbonyl (C=O) groups excluding carboxylic acids is 1. The minimum atomic E-state index is -0.641. The van der Waals surface area contributed by atoms with Crippen LogP contribution in [0.3, 0.4) is 0 Å². The van der Waals surface area contributed by atoms with Gasteiger partial charge in [0.25, 0.3) is 5.91 Å². The van der Waals surface area contributed by atoms with Gasteiger partial charge in [0, 0.05) is 17.8 Å². The van der Waals surface area contributed by atoms with Crippen molar-refractivity contribution in [2.45, 2.75) is 0 Å². The van der Waals surface area contributed by atoms with E-state index in [1.54, 1.807) is 12.1 Å². The molecular weight excluding hydrogens is 301 g/mol. The Labute approximate surface area is 130 Å². The second kappa shape index (κ2) is 5.92. The van der Waals surface area contributed by atoms with Crippen molar-refractivity contribution in [3.8, 4) is 5.75 Å². The van der Waals surface area contributed by atoms with Gasteiger partial charge in [0.15, 0.2) is 11.2 Å². The van der Waals surface area contributed by atoms with Crippen LogP contribution in [0.2, 0.25) is 0 Å². The molecule has 0 aliphatic heterocycles. The Morgan fingerprint density at radius 1 is 1.17 bits per heavy atom. The molecule has 3 rings (SSSR count). The summed E-state index contributed by atoms with van der Waals surface area (Å²) in [4.78, 5) is 24.2. The Balaban J connectivity index is 1.98. The Morgan fingerprint density at radius 2 is 2.00 bits per heavy atom. The molecule has 0 saturated heterocycles. The zero-order valence-corrected chi connectivity index (χ0v) is 12.1. The summed E-state index contributed by atoms with van der Waals surface area (Å²) in [6, 6.07) is 11.2. The molecular formula is C17H12FNO4. The number of halogens is 1. The maximum atomic E-state index is 13.1. The molecule has 1 amide bonds. The summed E-state index contributed by atoms with van der Waals surface area (Å²) in [5.41, 5.74) is 0.155. The maximum Gasteiger partial charge on any atom is 0.291 e. The lowest BCUT2D eigenvalue weighted by Crippen LogP contribution is -2.15. The first-order chi connectivity index (χ1) is 11.1. The molecule has 2 aromatic carbocycles. The molecule has 0 saturated carbocycles. The number of carbonyl (C=O) groups is 1. The van der Waals surface area contributed by atoms with Crippen LogP contribution in [0, 0.1) is 5.82 Å². The summed E-state index contributed by atoms with van der Waals surface area (Å²) in [6.45, 7) is 0. The first kappa shape index (κ1) is 14.8. The van der Waals surface area contributed by atoms with Gasteiger partial charge in [-0.25, -0.2) is 4.39 Å². The molecule has 6 heteroatoms. The van der Waals surface area contributed by atoms with Gasteiger partial charge in [-0.15, -0.1) is 0 Å². The number of fused-ring (bicyclic) bond motifs is 1. The molecule has 0 aliphatic carbocycles. The van der Waals surface area contributed by atoms with E-state index in [1.165, 1.54) is 37.4 Å². The van der Waals surface area contributed by atoms with Crippen LogP contribution in [0.4, 0.5) is 10.1 Å². The van der Waals surface area contributed by atoms with Crippen LogP contribution in [-0.4, -0.2) is 13.0 Å². The zero-order chi connectivity index (χ0) is 16.4. The van der Waals surface area contributed by atoms with E-state index in [0.717, 1.165) is 6.07 Å². The number of rotatable bonds is 3. The topological polar surface area (TPSA) is 68.5 Å². The number of hydrogen-bond acceptors (Lipinski definition) is 4. The van der Waals surface area contributed by atoms with Crippen LogP contribution >= 0.6 is 0 Å². The van der Waals surface area contributed by atoms with Gasteiger partial charge < -0.3 is 14.5 Å². The number of hydrogen-bond donors (Lipinski definition) is 1. The molecule has 0 atom stereocenters. The minimum absolute atomic E-state index is 0.167. The van der Waals surface area contributed by atoms with Crippen LogP contribution in [-0.2, 0) is 0 Å². The van der Waals surface area contributed by atoms with E-state index in [2.05, 4.69) is 5.32 Å². The van der Waals surface area contributed by atoms with Gasteiger partial charge in [-0.1, -0.05) is 6.07 Å². The lowest BCUT2D eigenvalue weighted by molar-refractivity contribution is 0.0997. The Morgan fingerprint density at radius 3 is 2.74 bits per heavy atom. The summed E-state index contributed by atoms with van der Waals surface area (Å²) >= 11 is 0. The van der Waals surface area contributed by atoms with E-state index in [0.29, 0.717) is 11.1 Å².